The number of carbonyl (C=O) groups is 2. The number of aliphatic hydroxyl groups is 4. The van der Waals surface area contributed by atoms with Crippen LogP contribution in [-0.4, -0.2) is 76.1 Å². The van der Waals surface area contributed by atoms with Crippen molar-refractivity contribution in [1.29, 1.82) is 0 Å². The van der Waals surface area contributed by atoms with Crippen LogP contribution in [0.2, 0.25) is 0 Å². The third-order valence-electron chi connectivity index (χ3n) is 10.00. The molecule has 0 saturated carbocycles. The Bertz CT molecular complexity index is 2290. The Morgan fingerprint density at radius 3 is 1.17 bits per heavy atom. The molecule has 0 aliphatic heterocycles. The number of benzene rings is 4. The first-order chi connectivity index (χ1) is 28.5. The van der Waals surface area contributed by atoms with E-state index in [1.807, 2.05) is 48.5 Å². The molecule has 4 aromatic carbocycles. The normalized spacial score (nSPS) is 13.3. The molecule has 2 aromatic heterocycles. The fourth-order valence-corrected chi connectivity index (χ4v) is 7.54. The molecule has 2 heterocycles. The molecule has 340 valence electrons. The number of para-hydroxylation sites is 2. The monoisotopic (exact) mass is 1050 g/mol. The van der Waals surface area contributed by atoms with Gasteiger partial charge in [0.25, 0.3) is 0 Å². The zero-order valence-corrected chi connectivity index (χ0v) is 37.7. The minimum absolute atomic E-state index is 0. The summed E-state index contributed by atoms with van der Waals surface area (Å²) in [6, 6.07) is 28.7. The molecule has 4 unspecified atom stereocenters. The molecule has 4 atom stereocenters. The van der Waals surface area contributed by atoms with E-state index in [1.54, 1.807) is 48.6 Å². The quantitative estimate of drug-likeness (QED) is 0.0544. The number of aliphatic carboxylic acids is 2. The molecule has 0 aliphatic carbocycles. The van der Waals surface area contributed by atoms with Gasteiger partial charge in [0.15, 0.2) is 0 Å². The molecular formula is C48H56F2N4O8Pt. The van der Waals surface area contributed by atoms with Crippen LogP contribution in [0.4, 0.5) is 8.78 Å². The maximum Gasteiger partial charge on any atom is 2.00 e. The van der Waals surface area contributed by atoms with Gasteiger partial charge in [-0.2, -0.15) is 0 Å². The van der Waals surface area contributed by atoms with Crippen LogP contribution in [0, 0.1) is 11.6 Å². The van der Waals surface area contributed by atoms with Gasteiger partial charge in [0, 0.05) is 69.2 Å². The number of nitrogens with two attached hydrogens (primary N) is 2. The smallest absolute Gasteiger partial charge is 0.693 e. The van der Waals surface area contributed by atoms with Crippen molar-refractivity contribution in [3.05, 3.63) is 145 Å². The molecule has 0 radical (unpaired) electrons. The topological polar surface area (TPSA) is 232 Å². The molecule has 6 aromatic rings. The van der Waals surface area contributed by atoms with Crippen molar-refractivity contribution in [1.82, 2.24) is 9.13 Å². The number of halogens is 2. The maximum atomic E-state index is 13.5. The number of aliphatic hydroxyl groups excluding tert-OH is 4. The summed E-state index contributed by atoms with van der Waals surface area (Å²) in [5.74, 6) is -2.85. The molecule has 0 spiro atoms. The fourth-order valence-electron chi connectivity index (χ4n) is 7.54. The van der Waals surface area contributed by atoms with E-state index in [-0.39, 0.29) is 69.9 Å². The second-order valence-electron chi connectivity index (χ2n) is 15.3. The first-order valence-corrected chi connectivity index (χ1v) is 19.9. The average Bonchev–Trinajstić information content (AvgIpc) is 3.69. The van der Waals surface area contributed by atoms with Gasteiger partial charge in [-0.15, -0.1) is 0 Å². The summed E-state index contributed by atoms with van der Waals surface area (Å²) in [5, 5.41) is 59.7. The summed E-state index contributed by atoms with van der Waals surface area (Å²) in [6.45, 7) is 8.24. The van der Waals surface area contributed by atoms with E-state index >= 15 is 0 Å². The van der Waals surface area contributed by atoms with E-state index in [9.17, 15) is 38.8 Å². The van der Waals surface area contributed by atoms with Gasteiger partial charge in [0.1, 0.15) is 11.6 Å². The van der Waals surface area contributed by atoms with Crippen LogP contribution in [-0.2, 0) is 30.7 Å². The second kappa shape index (κ2) is 24.5. The van der Waals surface area contributed by atoms with Crippen molar-refractivity contribution in [3.8, 4) is 22.3 Å². The van der Waals surface area contributed by atoms with Crippen LogP contribution in [0.15, 0.2) is 109 Å². The summed E-state index contributed by atoms with van der Waals surface area (Å²) >= 11 is 0. The molecule has 0 bridgehead atoms. The Morgan fingerprint density at radius 2 is 0.873 bits per heavy atom. The van der Waals surface area contributed by atoms with Crippen molar-refractivity contribution in [2.45, 2.75) is 89.9 Å². The van der Waals surface area contributed by atoms with Gasteiger partial charge in [0.05, 0.1) is 37.3 Å². The number of aromatic nitrogens is 2. The van der Waals surface area contributed by atoms with E-state index in [0.717, 1.165) is 55.4 Å². The zero-order chi connectivity index (χ0) is 43.7. The molecule has 63 heavy (non-hydrogen) atoms. The van der Waals surface area contributed by atoms with E-state index in [4.69, 9.17) is 10.2 Å². The van der Waals surface area contributed by atoms with E-state index in [1.165, 1.54) is 24.3 Å². The third kappa shape index (κ3) is 13.8. The van der Waals surface area contributed by atoms with Gasteiger partial charge in [-0.1, -0.05) is 72.8 Å². The predicted molar refractivity (Wildman–Crippen MR) is 242 cm³/mol. The summed E-state index contributed by atoms with van der Waals surface area (Å²) in [5.41, 5.74) is 7.30. The van der Waals surface area contributed by atoms with E-state index in [0.29, 0.717) is 0 Å². The maximum absolute atomic E-state index is 13.5. The molecule has 0 amide bonds. The van der Waals surface area contributed by atoms with Crippen molar-refractivity contribution in [2.75, 3.05) is 0 Å². The summed E-state index contributed by atoms with van der Waals surface area (Å²) in [7, 11) is 0. The SMILES string of the molecule is CC(C)n1c(/C=C/C(O)CC(O)CC(=O)O)c(-c2ccc(F)cc2)c2ccccc21.CC(C)n1c(/C=C/C(O)CC(O)CC(=O)O)c(-c2ccc(F)cc2)c2ccccc21.[NH2-].[NH2-].[Pt+2]. The molecule has 0 saturated heterocycles. The predicted octanol–water partition coefficient (Wildman–Crippen LogP) is 10.7. The van der Waals surface area contributed by atoms with Crippen LogP contribution in [0.25, 0.3) is 68.5 Å². The van der Waals surface area contributed by atoms with E-state index in [2.05, 4.69) is 36.8 Å². The number of rotatable bonds is 16. The van der Waals surface area contributed by atoms with Gasteiger partial charge in [-0.3, -0.25) is 9.59 Å². The van der Waals surface area contributed by atoms with Crippen molar-refractivity contribution < 1.29 is 70.1 Å². The first-order valence-electron chi connectivity index (χ1n) is 19.9. The van der Waals surface area contributed by atoms with Crippen molar-refractivity contribution >= 4 is 45.9 Å². The van der Waals surface area contributed by atoms with Gasteiger partial charge >= 0.3 is 33.0 Å². The number of carboxylic acids is 2. The Kier molecular flexibility index (Phi) is 20.9. The molecule has 10 N–H and O–H groups in total. The minimum Gasteiger partial charge on any atom is -0.693 e. The largest absolute Gasteiger partial charge is 2.00 e. The number of fused-ring (bicyclic) bond motifs is 2. The minimum atomic E-state index is -1.13. The molecule has 12 nitrogen and oxygen atoms in total. The Labute approximate surface area is 380 Å². The van der Waals surface area contributed by atoms with Gasteiger partial charge in [-0.25, -0.2) is 8.78 Å². The third-order valence-corrected chi connectivity index (χ3v) is 10.00. The van der Waals surface area contributed by atoms with Gasteiger partial charge in [-0.05, 0) is 87.4 Å². The van der Waals surface area contributed by atoms with E-state index < -0.39 is 49.2 Å². The Hall–Kier alpha value is -5.31. The molecular weight excluding hydrogens is 994 g/mol. The van der Waals surface area contributed by atoms with Crippen LogP contribution >= 0.6 is 0 Å². The van der Waals surface area contributed by atoms with Crippen molar-refractivity contribution in [2.24, 2.45) is 0 Å². The number of nitrogens with zero attached hydrogens (tertiary/aromatic N) is 2. The summed E-state index contributed by atoms with van der Waals surface area (Å²) in [6.07, 6.45) is 1.45. The van der Waals surface area contributed by atoms with Crippen LogP contribution < -0.4 is 0 Å². The Balaban J connectivity index is 0.000000414. The average molecular weight is 1050 g/mol. The van der Waals surface area contributed by atoms with Crippen LogP contribution in [0.3, 0.4) is 0 Å². The van der Waals surface area contributed by atoms with Crippen LogP contribution in [0.5, 0.6) is 0 Å². The Morgan fingerprint density at radius 1 is 0.556 bits per heavy atom. The van der Waals surface area contributed by atoms with Gasteiger partial charge < -0.3 is 52.1 Å². The zero-order valence-electron chi connectivity index (χ0n) is 35.5. The number of hydrogen-bond acceptors (Lipinski definition) is 6. The van der Waals surface area contributed by atoms with Crippen molar-refractivity contribution in [3.63, 3.8) is 0 Å². The summed E-state index contributed by atoms with van der Waals surface area (Å²) < 4.78 is 31.3. The van der Waals surface area contributed by atoms with Crippen LogP contribution in [0.1, 0.15) is 76.8 Å². The molecule has 6 rings (SSSR count). The molecule has 0 aliphatic rings. The standard InChI is InChI=1S/2C24H26FNO4.2H2N.Pt/c2*1-15(2)26-21-6-4-3-5-20(21)24(16-7-9-17(25)10-8-16)22(26)12-11-18(27)13-19(28)14-23(29)30;;;/h2*3-12,15,18-19,27-28H,13-14H2,1-2H3,(H,29,30);2*1H2;/q;;2*-1;+2/b2*12-11+;;;. The number of carboxylic acid groups (broad SMARTS) is 2. The summed E-state index contributed by atoms with van der Waals surface area (Å²) in [4.78, 5) is 21.5. The first kappa shape index (κ1) is 53.8. The molecule has 0 fully saturated rings. The number of hydrogen-bond donors (Lipinski definition) is 6. The fraction of sp³-hybridized carbons (Fsp3) is 0.292. The second-order valence-corrected chi connectivity index (χ2v) is 15.3. The van der Waals surface area contributed by atoms with Gasteiger partial charge in [0.2, 0.25) is 0 Å². The molecule has 15 heteroatoms.